The molecule has 0 radical (unpaired) electrons. The minimum absolute atomic E-state index is 0.102. The summed E-state index contributed by atoms with van der Waals surface area (Å²) < 4.78 is 0. The van der Waals surface area contributed by atoms with E-state index < -0.39 is 0 Å². The summed E-state index contributed by atoms with van der Waals surface area (Å²) in [6, 6.07) is 10.3. The van der Waals surface area contributed by atoms with Gasteiger partial charge in [0, 0.05) is 24.7 Å². The molecule has 138 valence electrons. The monoisotopic (exact) mass is 352 g/mol. The third kappa shape index (κ3) is 4.15. The van der Waals surface area contributed by atoms with Gasteiger partial charge in [0.05, 0.1) is 0 Å². The molecular weight excluding hydrogens is 324 g/mol. The first-order chi connectivity index (χ1) is 12.7. The molecule has 0 spiro atoms. The minimum Gasteiger partial charge on any atom is -0.347 e. The number of rotatable bonds is 6. The molecule has 2 aromatic rings. The number of aromatic nitrogens is 2. The Balaban J connectivity index is 1.36. The molecule has 1 aromatic heterocycles. The first kappa shape index (κ1) is 17.3. The molecule has 2 aliphatic rings. The maximum atomic E-state index is 12.4. The second-order valence-corrected chi connectivity index (χ2v) is 7.89. The van der Waals surface area contributed by atoms with E-state index in [1.165, 1.54) is 49.9 Å². The maximum Gasteiger partial charge on any atom is 0.272 e. The molecule has 2 heterocycles. The van der Waals surface area contributed by atoms with Gasteiger partial charge in [0.2, 0.25) is 0 Å². The van der Waals surface area contributed by atoms with Crippen LogP contribution in [0.5, 0.6) is 0 Å². The number of nitrogens with one attached hydrogen (secondary N) is 2. The van der Waals surface area contributed by atoms with E-state index in [2.05, 4.69) is 45.5 Å². The summed E-state index contributed by atoms with van der Waals surface area (Å²) in [6.45, 7) is 6.18. The van der Waals surface area contributed by atoms with E-state index in [9.17, 15) is 4.79 Å². The van der Waals surface area contributed by atoms with Crippen molar-refractivity contribution in [1.82, 2.24) is 20.4 Å². The van der Waals surface area contributed by atoms with E-state index in [1.54, 1.807) is 0 Å². The Labute approximate surface area is 155 Å². The molecule has 1 saturated carbocycles. The molecular formula is C21H28N4O. The van der Waals surface area contributed by atoms with Gasteiger partial charge in [-0.2, -0.15) is 5.10 Å². The molecule has 1 saturated heterocycles. The van der Waals surface area contributed by atoms with Gasteiger partial charge in [-0.3, -0.25) is 14.8 Å². The zero-order chi connectivity index (χ0) is 17.9. The third-order valence-corrected chi connectivity index (χ3v) is 5.68. The van der Waals surface area contributed by atoms with Crippen molar-refractivity contribution < 1.29 is 4.79 Å². The molecule has 1 aliphatic heterocycles. The third-order valence-electron chi connectivity index (χ3n) is 5.68. The summed E-state index contributed by atoms with van der Waals surface area (Å²) >= 11 is 0. The van der Waals surface area contributed by atoms with E-state index >= 15 is 0 Å². The summed E-state index contributed by atoms with van der Waals surface area (Å²) in [5.74, 6) is 1.32. The average molecular weight is 352 g/mol. The summed E-state index contributed by atoms with van der Waals surface area (Å²) in [7, 11) is 0. The molecule has 2 N–H and O–H groups in total. The number of carbonyl (C=O) groups is 1. The molecule has 0 atom stereocenters. The molecule has 5 nitrogen and oxygen atoms in total. The Morgan fingerprint density at radius 2 is 1.92 bits per heavy atom. The van der Waals surface area contributed by atoms with Gasteiger partial charge in [-0.15, -0.1) is 0 Å². The highest BCUT2D eigenvalue weighted by Crippen LogP contribution is 2.38. The SMILES string of the molecule is CC1CCN(Cc2ccccc2CNC(=O)c2cc(C3CC3)[nH]n2)CC1. The lowest BCUT2D eigenvalue weighted by Gasteiger charge is -2.30. The smallest absolute Gasteiger partial charge is 0.272 e. The van der Waals surface area contributed by atoms with Crippen LogP contribution in [-0.4, -0.2) is 34.1 Å². The number of H-pyrrole nitrogens is 1. The van der Waals surface area contributed by atoms with Crippen molar-refractivity contribution in [3.05, 3.63) is 52.8 Å². The van der Waals surface area contributed by atoms with Crippen LogP contribution in [0, 0.1) is 5.92 Å². The van der Waals surface area contributed by atoms with Crippen LogP contribution in [0.1, 0.15) is 65.8 Å². The van der Waals surface area contributed by atoms with Gasteiger partial charge in [0.25, 0.3) is 5.91 Å². The lowest BCUT2D eigenvalue weighted by Crippen LogP contribution is -2.33. The van der Waals surface area contributed by atoms with Crippen molar-refractivity contribution in [2.75, 3.05) is 13.1 Å². The second-order valence-electron chi connectivity index (χ2n) is 7.89. The van der Waals surface area contributed by atoms with Crippen LogP contribution in [0.2, 0.25) is 0 Å². The quantitative estimate of drug-likeness (QED) is 0.837. The standard InChI is InChI=1S/C21H28N4O/c1-15-8-10-25(11-9-15)14-18-5-3-2-4-17(18)13-22-21(26)20-12-19(23-24-20)16-6-7-16/h2-5,12,15-16H,6-11,13-14H2,1H3,(H,22,26)(H,23,24). The van der Waals surface area contributed by atoms with Crippen molar-refractivity contribution in [1.29, 1.82) is 0 Å². The van der Waals surface area contributed by atoms with Gasteiger partial charge in [-0.05, 0) is 61.9 Å². The first-order valence-electron chi connectivity index (χ1n) is 9.81. The van der Waals surface area contributed by atoms with Gasteiger partial charge in [0.15, 0.2) is 0 Å². The van der Waals surface area contributed by atoms with Crippen LogP contribution in [0.25, 0.3) is 0 Å². The van der Waals surface area contributed by atoms with Gasteiger partial charge in [0.1, 0.15) is 5.69 Å². The fourth-order valence-electron chi connectivity index (χ4n) is 3.67. The molecule has 2 fully saturated rings. The Morgan fingerprint density at radius 3 is 2.65 bits per heavy atom. The average Bonchev–Trinajstić information content (AvgIpc) is 3.39. The molecule has 26 heavy (non-hydrogen) atoms. The number of aromatic amines is 1. The van der Waals surface area contributed by atoms with Crippen LogP contribution in [-0.2, 0) is 13.1 Å². The van der Waals surface area contributed by atoms with E-state index in [4.69, 9.17) is 0 Å². The normalized spacial score (nSPS) is 18.8. The van der Waals surface area contributed by atoms with Gasteiger partial charge in [-0.1, -0.05) is 31.2 Å². The number of benzene rings is 1. The summed E-state index contributed by atoms with van der Waals surface area (Å²) in [4.78, 5) is 14.9. The molecule has 0 unspecified atom stereocenters. The highest BCUT2D eigenvalue weighted by molar-refractivity contribution is 5.92. The molecule has 5 heteroatoms. The second kappa shape index (κ2) is 7.62. The Morgan fingerprint density at radius 1 is 1.19 bits per heavy atom. The maximum absolute atomic E-state index is 12.4. The fraction of sp³-hybridized carbons (Fsp3) is 0.524. The fourth-order valence-corrected chi connectivity index (χ4v) is 3.67. The minimum atomic E-state index is -0.102. The number of amides is 1. The Bertz CT molecular complexity index is 757. The van der Waals surface area contributed by atoms with Crippen LogP contribution >= 0.6 is 0 Å². The molecule has 1 aliphatic carbocycles. The van der Waals surface area contributed by atoms with Crippen LogP contribution in [0.15, 0.2) is 30.3 Å². The summed E-state index contributed by atoms with van der Waals surface area (Å²) in [6.07, 6.45) is 4.96. The van der Waals surface area contributed by atoms with Gasteiger partial charge in [-0.25, -0.2) is 0 Å². The van der Waals surface area contributed by atoms with Crippen molar-refractivity contribution in [2.24, 2.45) is 5.92 Å². The Kier molecular flexibility index (Phi) is 5.07. The number of likely N-dealkylation sites (tertiary alicyclic amines) is 1. The van der Waals surface area contributed by atoms with Crippen LogP contribution in [0.3, 0.4) is 0 Å². The number of nitrogens with zero attached hydrogens (tertiary/aromatic N) is 2. The molecule has 1 amide bonds. The van der Waals surface area contributed by atoms with Crippen molar-refractivity contribution in [3.63, 3.8) is 0 Å². The van der Waals surface area contributed by atoms with Crippen molar-refractivity contribution in [2.45, 2.75) is 51.6 Å². The van der Waals surface area contributed by atoms with Crippen molar-refractivity contribution >= 4 is 5.91 Å². The molecule has 4 rings (SSSR count). The predicted molar refractivity (Wildman–Crippen MR) is 102 cm³/mol. The van der Waals surface area contributed by atoms with E-state index in [0.29, 0.717) is 18.2 Å². The van der Waals surface area contributed by atoms with E-state index in [0.717, 1.165) is 18.2 Å². The zero-order valence-corrected chi connectivity index (χ0v) is 15.5. The Hall–Kier alpha value is -2.14. The number of carbonyl (C=O) groups excluding carboxylic acids is 1. The zero-order valence-electron chi connectivity index (χ0n) is 15.5. The number of hydrogen-bond acceptors (Lipinski definition) is 3. The largest absolute Gasteiger partial charge is 0.347 e. The highest BCUT2D eigenvalue weighted by atomic mass is 16.1. The summed E-state index contributed by atoms with van der Waals surface area (Å²) in [5.41, 5.74) is 4.09. The van der Waals surface area contributed by atoms with E-state index in [1.807, 2.05) is 12.1 Å². The lowest BCUT2D eigenvalue weighted by atomic mass is 9.98. The molecule has 0 bridgehead atoms. The molecule has 1 aromatic carbocycles. The number of hydrogen-bond donors (Lipinski definition) is 2. The predicted octanol–water partition coefficient (Wildman–Crippen LogP) is 3.45. The first-order valence-corrected chi connectivity index (χ1v) is 9.81. The highest BCUT2D eigenvalue weighted by Gasteiger charge is 2.26. The van der Waals surface area contributed by atoms with E-state index in [-0.39, 0.29) is 5.91 Å². The lowest BCUT2D eigenvalue weighted by molar-refractivity contribution is 0.0945. The van der Waals surface area contributed by atoms with Gasteiger partial charge < -0.3 is 5.32 Å². The van der Waals surface area contributed by atoms with Gasteiger partial charge >= 0.3 is 0 Å². The summed E-state index contributed by atoms with van der Waals surface area (Å²) in [5, 5.41) is 10.2. The number of piperidine rings is 1. The van der Waals surface area contributed by atoms with Crippen LogP contribution < -0.4 is 5.32 Å². The topological polar surface area (TPSA) is 61.0 Å². The van der Waals surface area contributed by atoms with Crippen LogP contribution in [0.4, 0.5) is 0 Å². The van der Waals surface area contributed by atoms with Crippen molar-refractivity contribution in [3.8, 4) is 0 Å².